The van der Waals surface area contributed by atoms with Crippen LogP contribution in [0.25, 0.3) is 0 Å². The second-order valence-electron chi connectivity index (χ2n) is 7.77. The summed E-state index contributed by atoms with van der Waals surface area (Å²) in [6.45, 7) is 0.928. The van der Waals surface area contributed by atoms with Crippen LogP contribution in [0.2, 0.25) is 0 Å². The van der Waals surface area contributed by atoms with Crippen molar-refractivity contribution in [1.29, 1.82) is 0 Å². The number of amides is 3. The van der Waals surface area contributed by atoms with Gasteiger partial charge in [0.05, 0.1) is 27.0 Å². The van der Waals surface area contributed by atoms with Gasteiger partial charge in [0.15, 0.2) is 0 Å². The minimum Gasteiger partial charge on any atom is -0.497 e. The van der Waals surface area contributed by atoms with Crippen molar-refractivity contribution >= 4 is 23.3 Å². The van der Waals surface area contributed by atoms with Gasteiger partial charge in [0.1, 0.15) is 17.2 Å². The van der Waals surface area contributed by atoms with Gasteiger partial charge >= 0.3 is 6.03 Å². The number of benzene rings is 3. The molecule has 0 aromatic heterocycles. The number of methoxy groups -OCH3 is 3. The lowest BCUT2D eigenvalue weighted by Crippen LogP contribution is -2.29. The minimum absolute atomic E-state index is 0.0594. The van der Waals surface area contributed by atoms with E-state index >= 15 is 0 Å². The fourth-order valence-electron chi connectivity index (χ4n) is 3.89. The molecule has 8 heteroatoms. The highest BCUT2D eigenvalue weighted by atomic mass is 16.5. The molecule has 0 saturated carbocycles. The molecule has 34 heavy (non-hydrogen) atoms. The number of nitrogens with zero attached hydrogens (tertiary/aromatic N) is 1. The van der Waals surface area contributed by atoms with Crippen LogP contribution in [0.1, 0.15) is 21.5 Å². The second-order valence-corrected chi connectivity index (χ2v) is 7.77. The average Bonchev–Trinajstić information content (AvgIpc) is 3.30. The highest BCUT2D eigenvalue weighted by molar-refractivity contribution is 6.07. The number of ether oxygens (including phenoxy) is 3. The summed E-state index contributed by atoms with van der Waals surface area (Å²) < 4.78 is 15.7. The van der Waals surface area contributed by atoms with Crippen molar-refractivity contribution in [2.75, 3.05) is 38.1 Å². The summed E-state index contributed by atoms with van der Waals surface area (Å²) >= 11 is 0. The Morgan fingerprint density at radius 2 is 1.62 bits per heavy atom. The molecule has 4 rings (SSSR count). The summed E-state index contributed by atoms with van der Waals surface area (Å²) in [6, 6.07) is 17.8. The maximum Gasteiger partial charge on any atom is 0.319 e. The molecule has 1 aliphatic heterocycles. The summed E-state index contributed by atoms with van der Waals surface area (Å²) in [7, 11) is 4.69. The number of carbonyl (C=O) groups excluding carboxylic acids is 2. The van der Waals surface area contributed by atoms with Crippen molar-refractivity contribution in [3.05, 3.63) is 77.4 Å². The van der Waals surface area contributed by atoms with Gasteiger partial charge in [-0.05, 0) is 60.0 Å². The summed E-state index contributed by atoms with van der Waals surface area (Å²) in [5.41, 5.74) is 4.01. The first kappa shape index (κ1) is 23.0. The molecule has 1 aliphatic rings. The number of fused-ring (bicyclic) bond motifs is 1. The molecular weight excluding hydrogens is 434 g/mol. The van der Waals surface area contributed by atoms with Gasteiger partial charge in [-0.2, -0.15) is 0 Å². The molecule has 0 unspecified atom stereocenters. The smallest absolute Gasteiger partial charge is 0.319 e. The zero-order chi connectivity index (χ0) is 24.1. The van der Waals surface area contributed by atoms with Gasteiger partial charge in [-0.25, -0.2) is 4.79 Å². The summed E-state index contributed by atoms with van der Waals surface area (Å²) in [5, 5.41) is 5.64. The first-order valence-electron chi connectivity index (χ1n) is 10.9. The lowest BCUT2D eigenvalue weighted by Gasteiger charge is -2.18. The molecule has 0 aliphatic carbocycles. The van der Waals surface area contributed by atoms with Gasteiger partial charge in [-0.1, -0.05) is 12.1 Å². The van der Waals surface area contributed by atoms with Crippen LogP contribution in [-0.2, 0) is 13.0 Å². The summed E-state index contributed by atoms with van der Waals surface area (Å²) in [5.74, 6) is 1.78. The highest BCUT2D eigenvalue weighted by Crippen LogP contribution is 2.31. The third-order valence-corrected chi connectivity index (χ3v) is 5.74. The fourth-order valence-corrected chi connectivity index (χ4v) is 3.89. The zero-order valence-corrected chi connectivity index (χ0v) is 19.4. The van der Waals surface area contributed by atoms with Gasteiger partial charge < -0.3 is 29.7 Å². The standard InChI is InChI=1S/C26H27N3O5/c1-32-20-8-6-19(7-9-20)25(30)29-13-12-18-5-4-17(14-23(18)29)16-27-26(31)28-22-11-10-21(33-2)15-24(22)34-3/h4-11,14-15H,12-13,16H2,1-3H3,(H2,27,28,31). The monoisotopic (exact) mass is 461 g/mol. The van der Waals surface area contributed by atoms with Crippen LogP contribution >= 0.6 is 0 Å². The Labute approximate surface area is 198 Å². The SMILES string of the molecule is COc1ccc(C(=O)N2CCc3ccc(CNC(=O)Nc4ccc(OC)cc4OC)cc32)cc1. The molecule has 1 heterocycles. The fraction of sp³-hybridized carbons (Fsp3) is 0.231. The first-order chi connectivity index (χ1) is 16.5. The molecule has 0 atom stereocenters. The van der Waals surface area contributed by atoms with Crippen molar-refractivity contribution in [1.82, 2.24) is 5.32 Å². The van der Waals surface area contributed by atoms with Crippen molar-refractivity contribution in [2.24, 2.45) is 0 Å². The minimum atomic E-state index is -0.366. The van der Waals surface area contributed by atoms with E-state index in [4.69, 9.17) is 14.2 Å². The molecule has 3 aromatic rings. The molecule has 3 aromatic carbocycles. The third-order valence-electron chi connectivity index (χ3n) is 5.74. The number of anilines is 2. The van der Waals surface area contributed by atoms with Gasteiger partial charge in [-0.3, -0.25) is 4.79 Å². The number of urea groups is 1. The third kappa shape index (κ3) is 4.91. The summed E-state index contributed by atoms with van der Waals surface area (Å²) in [4.78, 5) is 27.3. The predicted octanol–water partition coefficient (Wildman–Crippen LogP) is 4.24. The zero-order valence-electron chi connectivity index (χ0n) is 19.4. The average molecular weight is 462 g/mol. The number of hydrogen-bond donors (Lipinski definition) is 2. The second kappa shape index (κ2) is 10.2. The van der Waals surface area contributed by atoms with E-state index in [0.29, 0.717) is 41.6 Å². The maximum absolute atomic E-state index is 13.1. The lowest BCUT2D eigenvalue weighted by atomic mass is 10.1. The molecule has 0 fully saturated rings. The molecule has 0 radical (unpaired) electrons. The van der Waals surface area contributed by atoms with Crippen LogP contribution < -0.4 is 29.7 Å². The number of carbonyl (C=O) groups is 2. The van der Waals surface area contributed by atoms with Crippen LogP contribution in [0.5, 0.6) is 17.2 Å². The molecule has 8 nitrogen and oxygen atoms in total. The van der Waals surface area contributed by atoms with Crippen LogP contribution in [0.3, 0.4) is 0 Å². The Kier molecular flexibility index (Phi) is 6.87. The van der Waals surface area contributed by atoms with Crippen molar-refractivity contribution in [2.45, 2.75) is 13.0 Å². The Morgan fingerprint density at radius 1 is 0.882 bits per heavy atom. The van der Waals surface area contributed by atoms with E-state index in [-0.39, 0.29) is 11.9 Å². The van der Waals surface area contributed by atoms with E-state index in [2.05, 4.69) is 10.6 Å². The number of hydrogen-bond acceptors (Lipinski definition) is 5. The Hall–Kier alpha value is -4.20. The van der Waals surface area contributed by atoms with Crippen LogP contribution in [-0.4, -0.2) is 39.8 Å². The normalized spacial score (nSPS) is 12.0. The molecule has 0 saturated heterocycles. The van der Waals surface area contributed by atoms with Gasteiger partial charge in [-0.15, -0.1) is 0 Å². The largest absolute Gasteiger partial charge is 0.497 e. The number of nitrogens with one attached hydrogen (secondary N) is 2. The van der Waals surface area contributed by atoms with E-state index in [0.717, 1.165) is 23.2 Å². The lowest BCUT2D eigenvalue weighted by molar-refractivity contribution is 0.0989. The molecule has 176 valence electrons. The van der Waals surface area contributed by atoms with E-state index in [9.17, 15) is 9.59 Å². The molecular formula is C26H27N3O5. The molecule has 0 bridgehead atoms. The Bertz CT molecular complexity index is 1190. The van der Waals surface area contributed by atoms with E-state index in [1.807, 2.05) is 18.2 Å². The van der Waals surface area contributed by atoms with Crippen molar-refractivity contribution in [3.8, 4) is 17.2 Å². The van der Waals surface area contributed by atoms with Gasteiger partial charge in [0.2, 0.25) is 0 Å². The van der Waals surface area contributed by atoms with E-state index in [1.54, 1.807) is 61.6 Å². The molecule has 2 N–H and O–H groups in total. The highest BCUT2D eigenvalue weighted by Gasteiger charge is 2.26. The van der Waals surface area contributed by atoms with Crippen LogP contribution in [0.15, 0.2) is 60.7 Å². The predicted molar refractivity (Wildman–Crippen MR) is 130 cm³/mol. The summed E-state index contributed by atoms with van der Waals surface area (Å²) in [6.07, 6.45) is 0.794. The van der Waals surface area contributed by atoms with Crippen LogP contribution in [0.4, 0.5) is 16.2 Å². The quantitative estimate of drug-likeness (QED) is 0.550. The Balaban J connectivity index is 1.42. The van der Waals surface area contributed by atoms with Crippen molar-refractivity contribution < 1.29 is 23.8 Å². The van der Waals surface area contributed by atoms with Crippen molar-refractivity contribution in [3.63, 3.8) is 0 Å². The molecule has 3 amide bonds. The van der Waals surface area contributed by atoms with E-state index < -0.39 is 0 Å². The van der Waals surface area contributed by atoms with Crippen LogP contribution in [0, 0.1) is 0 Å². The molecule has 0 spiro atoms. The topological polar surface area (TPSA) is 89.1 Å². The first-order valence-corrected chi connectivity index (χ1v) is 10.9. The van der Waals surface area contributed by atoms with Gasteiger partial charge in [0.25, 0.3) is 5.91 Å². The maximum atomic E-state index is 13.1. The number of rotatable bonds is 7. The van der Waals surface area contributed by atoms with Gasteiger partial charge in [0, 0.05) is 30.4 Å². The Morgan fingerprint density at radius 3 is 2.32 bits per heavy atom. The van der Waals surface area contributed by atoms with E-state index in [1.165, 1.54) is 7.11 Å².